The number of hydrogen-bond donors (Lipinski definition) is 1. The second-order valence-corrected chi connectivity index (χ2v) is 6.56. The number of imide groups is 1. The summed E-state index contributed by atoms with van der Waals surface area (Å²) < 4.78 is 0. The molecule has 137 valence electrons. The molecule has 0 aromatic heterocycles. The summed E-state index contributed by atoms with van der Waals surface area (Å²) in [4.78, 5) is 25.5. The second-order valence-electron chi connectivity index (χ2n) is 6.56. The Bertz CT molecular complexity index is 728. The maximum Gasteiger partial charge on any atom is 0.326 e. The number of carbonyl (C=O) groups is 2. The Balaban J connectivity index is 1.94. The predicted molar refractivity (Wildman–Crippen MR) is 106 cm³/mol. The molecule has 2 aromatic carbocycles. The number of anilines is 1. The van der Waals surface area contributed by atoms with Crippen LogP contribution in [0.5, 0.6) is 0 Å². The first-order valence-corrected chi connectivity index (χ1v) is 9.11. The molecule has 26 heavy (non-hydrogen) atoms. The number of nitrogens with zero attached hydrogens (tertiary/aromatic N) is 1. The van der Waals surface area contributed by atoms with Crippen molar-refractivity contribution in [3.8, 4) is 0 Å². The third-order valence-electron chi connectivity index (χ3n) is 4.52. The minimum Gasteiger partial charge on any atom is -0.351 e. The van der Waals surface area contributed by atoms with Gasteiger partial charge in [0.05, 0.1) is 12.1 Å². The molecule has 1 radical (unpaired) electrons. The minimum atomic E-state index is -0.746. The van der Waals surface area contributed by atoms with E-state index in [1.165, 1.54) is 5.56 Å². The van der Waals surface area contributed by atoms with Gasteiger partial charge < -0.3 is 5.73 Å². The van der Waals surface area contributed by atoms with Crippen molar-refractivity contribution in [2.75, 3.05) is 4.90 Å². The Labute approximate surface area is 156 Å². The number of primary amides is 1. The van der Waals surface area contributed by atoms with Crippen LogP contribution in [-0.4, -0.2) is 11.9 Å². The topological polar surface area (TPSA) is 63.4 Å². The lowest BCUT2D eigenvalue weighted by Gasteiger charge is -2.22. The number of carbonyl (C=O) groups excluding carboxylic acids is 2. The molecule has 0 saturated carbocycles. The van der Waals surface area contributed by atoms with E-state index in [1.54, 1.807) is 18.6 Å². The van der Waals surface area contributed by atoms with Gasteiger partial charge in [0.15, 0.2) is 0 Å². The van der Waals surface area contributed by atoms with Crippen LogP contribution >= 0.6 is 0 Å². The lowest BCUT2D eigenvalue weighted by molar-refractivity contribution is -0.115. The normalized spacial score (nSPS) is 11.8. The van der Waals surface area contributed by atoms with Gasteiger partial charge >= 0.3 is 6.03 Å². The molecule has 0 aliphatic carbocycles. The maximum absolute atomic E-state index is 12.6. The van der Waals surface area contributed by atoms with Gasteiger partial charge in [0.1, 0.15) is 0 Å². The monoisotopic (exact) mass is 351 g/mol. The van der Waals surface area contributed by atoms with Gasteiger partial charge in [-0.25, -0.2) is 9.69 Å². The molecule has 0 unspecified atom stereocenters. The van der Waals surface area contributed by atoms with Crippen molar-refractivity contribution >= 4 is 17.6 Å². The zero-order valence-electron chi connectivity index (χ0n) is 15.5. The molecule has 4 heteroatoms. The summed E-state index contributed by atoms with van der Waals surface area (Å²) in [6.07, 6.45) is 4.87. The summed E-state index contributed by atoms with van der Waals surface area (Å²) >= 11 is 0. The van der Waals surface area contributed by atoms with Crippen LogP contribution in [0.3, 0.4) is 0 Å². The summed E-state index contributed by atoms with van der Waals surface area (Å²) in [5, 5.41) is 0. The highest BCUT2D eigenvalue weighted by Gasteiger charge is 2.23. The summed E-state index contributed by atoms with van der Waals surface area (Å²) in [5.41, 5.74) is 8.26. The van der Waals surface area contributed by atoms with E-state index >= 15 is 0 Å². The number of urea groups is 1. The zero-order chi connectivity index (χ0) is 18.9. The molecule has 0 saturated heterocycles. The first-order chi connectivity index (χ1) is 12.5. The van der Waals surface area contributed by atoms with Crippen molar-refractivity contribution in [3.63, 3.8) is 0 Å². The van der Waals surface area contributed by atoms with Gasteiger partial charge in [-0.1, -0.05) is 62.4 Å². The molecule has 3 amide bonds. The van der Waals surface area contributed by atoms with Crippen molar-refractivity contribution in [1.82, 2.24) is 0 Å². The Morgan fingerprint density at radius 1 is 1.08 bits per heavy atom. The molecule has 2 N–H and O–H groups in total. The van der Waals surface area contributed by atoms with Crippen LogP contribution in [0.1, 0.15) is 37.8 Å². The lowest BCUT2D eigenvalue weighted by Crippen LogP contribution is -2.41. The summed E-state index contributed by atoms with van der Waals surface area (Å²) in [7, 11) is 0. The van der Waals surface area contributed by atoms with Gasteiger partial charge in [-0.15, -0.1) is 0 Å². The van der Waals surface area contributed by atoms with Crippen molar-refractivity contribution in [1.29, 1.82) is 0 Å². The van der Waals surface area contributed by atoms with Crippen molar-refractivity contribution in [2.45, 2.75) is 39.5 Å². The average molecular weight is 351 g/mol. The van der Waals surface area contributed by atoms with E-state index in [0.717, 1.165) is 29.7 Å². The number of amides is 3. The standard InChI is InChI=1S/C22H27N2O2/c1-3-19-11-7-8-12-20(19)24(22(23)26)21(25)16-14-17(2)13-15-18-9-5-4-6-10-18/h4-12,16-17H,3,13-15H2,1-2H3,(H2,23,26)/t17-/m1/s1. The van der Waals surface area contributed by atoms with Crippen LogP contribution in [0.4, 0.5) is 10.5 Å². The maximum atomic E-state index is 12.6. The molecule has 2 aromatic rings. The van der Waals surface area contributed by atoms with E-state index < -0.39 is 6.03 Å². The number of benzene rings is 2. The zero-order valence-corrected chi connectivity index (χ0v) is 15.5. The number of para-hydroxylation sites is 1. The van der Waals surface area contributed by atoms with Crippen LogP contribution in [0.2, 0.25) is 0 Å². The van der Waals surface area contributed by atoms with E-state index in [9.17, 15) is 9.59 Å². The fourth-order valence-electron chi connectivity index (χ4n) is 2.94. The Hall–Kier alpha value is -2.62. The highest BCUT2D eigenvalue weighted by molar-refractivity contribution is 6.17. The summed E-state index contributed by atoms with van der Waals surface area (Å²) in [5.74, 6) is -0.0136. The molecule has 0 spiro atoms. The third-order valence-corrected chi connectivity index (χ3v) is 4.52. The van der Waals surface area contributed by atoms with Gasteiger partial charge in [0, 0.05) is 0 Å². The lowest BCUT2D eigenvalue weighted by atomic mass is 9.96. The predicted octanol–water partition coefficient (Wildman–Crippen LogP) is 4.52. The summed E-state index contributed by atoms with van der Waals surface area (Å²) in [6, 6.07) is 16.9. The number of rotatable bonds is 8. The number of hydrogen-bond acceptors (Lipinski definition) is 2. The molecule has 1 atom stereocenters. The number of nitrogens with two attached hydrogens (primary N) is 1. The Morgan fingerprint density at radius 2 is 1.73 bits per heavy atom. The van der Waals surface area contributed by atoms with E-state index in [-0.39, 0.29) is 5.91 Å². The Kier molecular flexibility index (Phi) is 7.39. The fraction of sp³-hybridized carbons (Fsp3) is 0.318. The highest BCUT2D eigenvalue weighted by atomic mass is 16.2. The van der Waals surface area contributed by atoms with E-state index in [2.05, 4.69) is 19.1 Å². The molecular formula is C22H27N2O2. The molecule has 0 aliphatic heterocycles. The molecule has 2 rings (SSSR count). The average Bonchev–Trinajstić information content (AvgIpc) is 2.66. The van der Waals surface area contributed by atoms with E-state index in [4.69, 9.17) is 5.73 Å². The van der Waals surface area contributed by atoms with Crippen molar-refractivity contribution in [2.24, 2.45) is 11.7 Å². The molecule has 4 nitrogen and oxygen atoms in total. The number of aryl methyl sites for hydroxylation is 2. The van der Waals surface area contributed by atoms with Crippen LogP contribution < -0.4 is 10.6 Å². The fourth-order valence-corrected chi connectivity index (χ4v) is 2.94. The molecule has 0 bridgehead atoms. The largest absolute Gasteiger partial charge is 0.351 e. The molecular weight excluding hydrogens is 324 g/mol. The van der Waals surface area contributed by atoms with E-state index in [1.807, 2.05) is 37.3 Å². The highest BCUT2D eigenvalue weighted by Crippen LogP contribution is 2.23. The van der Waals surface area contributed by atoms with Gasteiger partial charge in [-0.05, 0) is 48.8 Å². The molecule has 0 aliphatic rings. The second kappa shape index (κ2) is 9.76. The van der Waals surface area contributed by atoms with Crippen LogP contribution in [0, 0.1) is 12.3 Å². The van der Waals surface area contributed by atoms with Crippen LogP contribution in [0.15, 0.2) is 54.6 Å². The van der Waals surface area contributed by atoms with Crippen molar-refractivity contribution in [3.05, 3.63) is 72.1 Å². The molecule has 0 heterocycles. The first-order valence-electron chi connectivity index (χ1n) is 9.11. The molecule has 0 fully saturated rings. The Morgan fingerprint density at radius 3 is 2.38 bits per heavy atom. The van der Waals surface area contributed by atoms with Gasteiger partial charge in [0.2, 0.25) is 5.91 Å². The summed E-state index contributed by atoms with van der Waals surface area (Å²) in [6.45, 7) is 4.10. The van der Waals surface area contributed by atoms with Crippen LogP contribution in [-0.2, 0) is 17.6 Å². The smallest absolute Gasteiger partial charge is 0.326 e. The quantitative estimate of drug-likeness (QED) is 0.760. The minimum absolute atomic E-state index is 0.343. The SMILES string of the molecule is CCc1ccccc1N(C(N)=O)C(=O)[CH]C[C@H](C)CCc1ccccc1. The van der Waals surface area contributed by atoms with Crippen molar-refractivity contribution < 1.29 is 9.59 Å². The van der Waals surface area contributed by atoms with Gasteiger partial charge in [0.25, 0.3) is 0 Å². The van der Waals surface area contributed by atoms with Gasteiger partial charge in [-0.2, -0.15) is 0 Å². The van der Waals surface area contributed by atoms with E-state index in [0.29, 0.717) is 18.0 Å². The third kappa shape index (κ3) is 5.45. The first kappa shape index (κ1) is 19.7. The van der Waals surface area contributed by atoms with Crippen LogP contribution in [0.25, 0.3) is 0 Å². The van der Waals surface area contributed by atoms with Gasteiger partial charge in [-0.3, -0.25) is 4.79 Å².